The number of hydrogen-bond donors (Lipinski definition) is 2. The molecule has 2 saturated heterocycles. The first-order valence-corrected chi connectivity index (χ1v) is 19.3. The topological polar surface area (TPSA) is 91.0 Å². The molecule has 4 aromatic rings. The summed E-state index contributed by atoms with van der Waals surface area (Å²) >= 11 is 12.5. The zero-order valence-corrected chi connectivity index (χ0v) is 30.9. The fourth-order valence-corrected chi connectivity index (χ4v) is 8.55. The first-order valence-electron chi connectivity index (χ1n) is 17.1. The summed E-state index contributed by atoms with van der Waals surface area (Å²) in [6.07, 6.45) is -2.88. The zero-order valence-electron chi connectivity index (χ0n) is 28.6. The minimum absolute atomic E-state index is 0.0212. The van der Waals surface area contributed by atoms with Gasteiger partial charge in [0, 0.05) is 41.8 Å². The average Bonchev–Trinajstić information content (AvgIpc) is 3.54. The van der Waals surface area contributed by atoms with Gasteiger partial charge in [-0.3, -0.25) is 15.4 Å². The van der Waals surface area contributed by atoms with Crippen molar-refractivity contribution in [2.45, 2.75) is 55.5 Å². The summed E-state index contributed by atoms with van der Waals surface area (Å²) in [5, 5.41) is 7.98. The van der Waals surface area contributed by atoms with Crippen molar-refractivity contribution in [3.05, 3.63) is 129 Å². The van der Waals surface area contributed by atoms with Crippen LogP contribution in [0.25, 0.3) is 0 Å². The number of benzene rings is 4. The molecule has 0 bridgehead atoms. The molecule has 2 aliphatic rings. The molecule has 0 aliphatic carbocycles. The van der Waals surface area contributed by atoms with Gasteiger partial charge in [0.05, 0.1) is 29.1 Å². The molecule has 0 radical (unpaired) electrons. The number of nitrogens with one attached hydrogen (secondary N) is 2. The van der Waals surface area contributed by atoms with Crippen molar-refractivity contribution in [2.24, 2.45) is 0 Å². The van der Waals surface area contributed by atoms with Crippen LogP contribution in [-0.2, 0) is 33.1 Å². The third-order valence-corrected chi connectivity index (χ3v) is 11.9. The van der Waals surface area contributed by atoms with Crippen LogP contribution >= 0.6 is 23.2 Å². The minimum atomic E-state index is -4.66. The average molecular weight is 776 g/mol. The molecule has 0 saturated carbocycles. The van der Waals surface area contributed by atoms with Crippen molar-refractivity contribution in [1.82, 2.24) is 19.8 Å². The lowest BCUT2D eigenvalue weighted by Gasteiger charge is -2.40. The molecule has 2 unspecified atom stereocenters. The molecule has 8 nitrogen and oxygen atoms in total. The summed E-state index contributed by atoms with van der Waals surface area (Å²) in [4.78, 5) is 16.8. The number of nitrogens with zero attached hydrogens (tertiary/aromatic N) is 2. The quantitative estimate of drug-likeness (QED) is 0.172. The summed E-state index contributed by atoms with van der Waals surface area (Å²) in [5.41, 5.74) is -0.00792. The standard InChI is InChI=1S/C38H39Cl2F3N4O4S/c1-3-5-25-6-17-31(18-7-25)52(49,50)47-22-20-46(21-23-47)36(48)37(32-19-12-28(38(41,42)43)24-33(32)51-4-2)44-34(26-8-13-29(39)14-9-26)35(45-37)27-10-15-30(40)16-11-27/h6-19,24,34-35,44-45H,3-5,20-23H2,1-2H3. The van der Waals surface area contributed by atoms with Gasteiger partial charge in [0.25, 0.3) is 5.91 Å². The Morgan fingerprint density at radius 2 is 1.37 bits per heavy atom. The van der Waals surface area contributed by atoms with E-state index in [0.717, 1.165) is 41.7 Å². The molecule has 276 valence electrons. The molecule has 2 atom stereocenters. The maximum absolute atomic E-state index is 15.1. The van der Waals surface area contributed by atoms with E-state index in [1.54, 1.807) is 43.3 Å². The smallest absolute Gasteiger partial charge is 0.416 e. The number of carbonyl (C=O) groups is 1. The van der Waals surface area contributed by atoms with Gasteiger partial charge in [0.1, 0.15) is 5.75 Å². The van der Waals surface area contributed by atoms with Gasteiger partial charge in [-0.2, -0.15) is 17.5 Å². The molecule has 2 N–H and O–H groups in total. The lowest BCUT2D eigenvalue weighted by molar-refractivity contribution is -0.141. The fourth-order valence-electron chi connectivity index (χ4n) is 6.88. The van der Waals surface area contributed by atoms with E-state index in [4.69, 9.17) is 27.9 Å². The number of amides is 1. The maximum atomic E-state index is 15.1. The number of alkyl halides is 3. The Kier molecular flexibility index (Phi) is 11.3. The second-order valence-electron chi connectivity index (χ2n) is 12.8. The van der Waals surface area contributed by atoms with Gasteiger partial charge < -0.3 is 9.64 Å². The largest absolute Gasteiger partial charge is 0.493 e. The summed E-state index contributed by atoms with van der Waals surface area (Å²) in [6.45, 7) is 3.86. The molecule has 6 rings (SSSR count). The molecule has 2 heterocycles. The maximum Gasteiger partial charge on any atom is 0.416 e. The van der Waals surface area contributed by atoms with E-state index < -0.39 is 45.4 Å². The number of ether oxygens (including phenoxy) is 1. The summed E-state index contributed by atoms with van der Waals surface area (Å²) in [5.74, 6) is -0.616. The van der Waals surface area contributed by atoms with E-state index in [-0.39, 0.29) is 49.0 Å². The predicted molar refractivity (Wildman–Crippen MR) is 195 cm³/mol. The van der Waals surface area contributed by atoms with Crippen LogP contribution in [-0.4, -0.2) is 56.3 Å². The SMILES string of the molecule is CCCc1ccc(S(=O)(=O)N2CCN(C(=O)C3(c4ccc(C(F)(F)F)cc4OCC)NC(c4ccc(Cl)cc4)C(c4ccc(Cl)cc4)N3)CC2)cc1. The molecule has 0 spiro atoms. The molecule has 2 fully saturated rings. The predicted octanol–water partition coefficient (Wildman–Crippen LogP) is 7.72. The molecule has 1 amide bonds. The molecule has 14 heteroatoms. The Bertz CT molecular complexity index is 1940. The van der Waals surface area contributed by atoms with Gasteiger partial charge in [-0.25, -0.2) is 8.42 Å². The van der Waals surface area contributed by atoms with Gasteiger partial charge >= 0.3 is 6.18 Å². The third kappa shape index (κ3) is 7.69. The summed E-state index contributed by atoms with van der Waals surface area (Å²) in [6, 6.07) is 22.9. The zero-order chi connectivity index (χ0) is 37.3. The Balaban J connectivity index is 1.40. The number of hydrogen-bond acceptors (Lipinski definition) is 6. The number of piperazine rings is 1. The molecule has 4 aromatic carbocycles. The van der Waals surface area contributed by atoms with Crippen molar-refractivity contribution < 1.29 is 31.1 Å². The van der Waals surface area contributed by atoms with Crippen LogP contribution in [0.1, 0.15) is 60.2 Å². The highest BCUT2D eigenvalue weighted by molar-refractivity contribution is 7.89. The second kappa shape index (κ2) is 15.4. The van der Waals surface area contributed by atoms with E-state index in [9.17, 15) is 21.6 Å². The molecule has 52 heavy (non-hydrogen) atoms. The first kappa shape index (κ1) is 38.1. The normalized spacial score (nSPS) is 21.3. The summed E-state index contributed by atoms with van der Waals surface area (Å²) in [7, 11) is -3.84. The van der Waals surface area contributed by atoms with Gasteiger partial charge in [0.15, 0.2) is 5.66 Å². The van der Waals surface area contributed by atoms with Crippen molar-refractivity contribution in [3.8, 4) is 5.75 Å². The van der Waals surface area contributed by atoms with Crippen LogP contribution in [0.5, 0.6) is 5.75 Å². The van der Waals surface area contributed by atoms with Gasteiger partial charge in [-0.15, -0.1) is 0 Å². The number of sulfonamides is 1. The van der Waals surface area contributed by atoms with E-state index >= 15 is 4.79 Å². The van der Waals surface area contributed by atoms with Crippen LogP contribution in [0.3, 0.4) is 0 Å². The Hall–Kier alpha value is -3.65. The Morgan fingerprint density at radius 1 is 0.827 bits per heavy atom. The molecule has 2 aliphatic heterocycles. The highest BCUT2D eigenvalue weighted by Crippen LogP contribution is 2.46. The van der Waals surface area contributed by atoms with Crippen LogP contribution in [0.4, 0.5) is 13.2 Å². The van der Waals surface area contributed by atoms with Crippen LogP contribution in [0.2, 0.25) is 10.0 Å². The fraction of sp³-hybridized carbons (Fsp3) is 0.342. The highest BCUT2D eigenvalue weighted by atomic mass is 35.5. The first-order chi connectivity index (χ1) is 24.8. The van der Waals surface area contributed by atoms with E-state index in [2.05, 4.69) is 17.6 Å². The third-order valence-electron chi connectivity index (χ3n) is 9.49. The van der Waals surface area contributed by atoms with E-state index in [1.807, 2.05) is 36.4 Å². The minimum Gasteiger partial charge on any atom is -0.493 e. The number of carbonyl (C=O) groups excluding carboxylic acids is 1. The number of rotatable bonds is 10. The highest BCUT2D eigenvalue weighted by Gasteiger charge is 2.55. The van der Waals surface area contributed by atoms with Crippen molar-refractivity contribution in [3.63, 3.8) is 0 Å². The molecular formula is C38H39Cl2F3N4O4S. The lowest BCUT2D eigenvalue weighted by Crippen LogP contribution is -2.62. The van der Waals surface area contributed by atoms with Crippen molar-refractivity contribution in [1.29, 1.82) is 0 Å². The van der Waals surface area contributed by atoms with Crippen molar-refractivity contribution >= 4 is 39.1 Å². The monoisotopic (exact) mass is 774 g/mol. The summed E-state index contributed by atoms with van der Waals surface area (Å²) < 4.78 is 76.3. The molecule has 0 aromatic heterocycles. The van der Waals surface area contributed by atoms with Crippen LogP contribution in [0.15, 0.2) is 95.9 Å². The van der Waals surface area contributed by atoms with Gasteiger partial charge in [-0.05, 0) is 78.6 Å². The van der Waals surface area contributed by atoms with E-state index in [1.165, 1.54) is 15.3 Å². The van der Waals surface area contributed by atoms with Gasteiger partial charge in [-0.1, -0.05) is 79.0 Å². The number of aryl methyl sites for hydroxylation is 1. The molecular weight excluding hydrogens is 736 g/mol. The van der Waals surface area contributed by atoms with Gasteiger partial charge in [0.2, 0.25) is 10.0 Å². The lowest BCUT2D eigenvalue weighted by atomic mass is 9.94. The second-order valence-corrected chi connectivity index (χ2v) is 15.6. The van der Waals surface area contributed by atoms with Crippen LogP contribution < -0.4 is 15.4 Å². The van der Waals surface area contributed by atoms with Crippen LogP contribution in [0, 0.1) is 0 Å². The van der Waals surface area contributed by atoms with Crippen molar-refractivity contribution in [2.75, 3.05) is 32.8 Å². The number of halogens is 5. The Morgan fingerprint density at radius 3 is 1.85 bits per heavy atom. The Labute approximate surface area is 311 Å². The van der Waals surface area contributed by atoms with E-state index in [0.29, 0.717) is 10.0 Å².